The van der Waals surface area contributed by atoms with Crippen LogP contribution >= 0.6 is 0 Å². The Balaban J connectivity index is 2.66. The molecule has 0 radical (unpaired) electrons. The van der Waals surface area contributed by atoms with Gasteiger partial charge in [0.05, 0.1) is 0 Å². The topological polar surface area (TPSA) is 26.3 Å². The van der Waals surface area contributed by atoms with E-state index < -0.39 is 17.6 Å². The zero-order valence-corrected chi connectivity index (χ0v) is 10.3. The SMILES string of the molecule is CCC(C)(C(=O)OC1CCCCC1)C(F)(F)F. The van der Waals surface area contributed by atoms with Gasteiger partial charge in [0.1, 0.15) is 6.10 Å². The number of carbonyl (C=O) groups excluding carboxylic acids is 1. The molecule has 1 unspecified atom stereocenters. The average molecular weight is 252 g/mol. The van der Waals surface area contributed by atoms with Crippen molar-refractivity contribution in [1.82, 2.24) is 0 Å². The largest absolute Gasteiger partial charge is 0.462 e. The van der Waals surface area contributed by atoms with E-state index in [1.807, 2.05) is 0 Å². The van der Waals surface area contributed by atoms with Crippen LogP contribution in [0.5, 0.6) is 0 Å². The second-order valence-electron chi connectivity index (χ2n) is 4.85. The van der Waals surface area contributed by atoms with Gasteiger partial charge in [-0.2, -0.15) is 13.2 Å². The summed E-state index contributed by atoms with van der Waals surface area (Å²) in [6.45, 7) is 2.27. The first-order valence-electron chi connectivity index (χ1n) is 6.09. The maximum Gasteiger partial charge on any atom is 0.404 e. The maximum atomic E-state index is 12.8. The Morgan fingerprint density at radius 2 is 1.76 bits per heavy atom. The molecule has 0 heterocycles. The van der Waals surface area contributed by atoms with Crippen molar-refractivity contribution < 1.29 is 22.7 Å². The summed E-state index contributed by atoms with van der Waals surface area (Å²) in [4.78, 5) is 11.7. The molecule has 2 nitrogen and oxygen atoms in total. The van der Waals surface area contributed by atoms with E-state index in [0.29, 0.717) is 12.8 Å². The average Bonchev–Trinajstić information content (AvgIpc) is 2.27. The molecule has 1 aliphatic rings. The zero-order valence-electron chi connectivity index (χ0n) is 10.3. The summed E-state index contributed by atoms with van der Waals surface area (Å²) in [5.74, 6) is -1.13. The van der Waals surface area contributed by atoms with Crippen LogP contribution in [-0.2, 0) is 9.53 Å². The number of carbonyl (C=O) groups is 1. The molecule has 1 fully saturated rings. The highest BCUT2D eigenvalue weighted by Gasteiger charge is 2.56. The molecule has 0 amide bonds. The fourth-order valence-corrected chi connectivity index (χ4v) is 1.92. The van der Waals surface area contributed by atoms with E-state index in [1.165, 1.54) is 6.92 Å². The first-order chi connectivity index (χ1) is 7.81. The summed E-state index contributed by atoms with van der Waals surface area (Å²) >= 11 is 0. The molecule has 0 bridgehead atoms. The van der Waals surface area contributed by atoms with Crippen molar-refractivity contribution in [3.8, 4) is 0 Å². The van der Waals surface area contributed by atoms with E-state index in [-0.39, 0.29) is 12.5 Å². The number of rotatable bonds is 3. The Morgan fingerprint density at radius 3 is 2.18 bits per heavy atom. The summed E-state index contributed by atoms with van der Waals surface area (Å²) < 4.78 is 43.4. The van der Waals surface area contributed by atoms with E-state index in [4.69, 9.17) is 4.74 Å². The van der Waals surface area contributed by atoms with Gasteiger partial charge in [-0.1, -0.05) is 13.3 Å². The van der Waals surface area contributed by atoms with Gasteiger partial charge in [0, 0.05) is 0 Å². The van der Waals surface area contributed by atoms with Crippen molar-refractivity contribution in [3.05, 3.63) is 0 Å². The number of hydrogen-bond acceptors (Lipinski definition) is 2. The van der Waals surface area contributed by atoms with Crippen LogP contribution in [0.1, 0.15) is 52.4 Å². The van der Waals surface area contributed by atoms with Crippen molar-refractivity contribution in [1.29, 1.82) is 0 Å². The van der Waals surface area contributed by atoms with Crippen molar-refractivity contribution in [2.45, 2.75) is 64.7 Å². The second-order valence-corrected chi connectivity index (χ2v) is 4.85. The molecule has 1 rings (SSSR count). The van der Waals surface area contributed by atoms with Crippen LogP contribution in [0.25, 0.3) is 0 Å². The van der Waals surface area contributed by atoms with Crippen molar-refractivity contribution in [2.75, 3.05) is 0 Å². The third-order valence-electron chi connectivity index (χ3n) is 3.61. The molecular formula is C12H19F3O2. The molecule has 0 aliphatic heterocycles. The summed E-state index contributed by atoms with van der Waals surface area (Å²) in [6, 6.07) is 0. The lowest BCUT2D eigenvalue weighted by atomic mass is 9.86. The van der Waals surface area contributed by atoms with Crippen LogP contribution in [0, 0.1) is 5.41 Å². The number of alkyl halides is 3. The standard InChI is InChI=1S/C12H19F3O2/c1-3-11(2,12(13,14)15)10(16)17-9-7-5-4-6-8-9/h9H,3-8H2,1-2H3. The number of hydrogen-bond donors (Lipinski definition) is 0. The normalized spacial score (nSPS) is 21.9. The van der Waals surface area contributed by atoms with E-state index in [1.54, 1.807) is 0 Å². The van der Waals surface area contributed by atoms with E-state index in [2.05, 4.69) is 0 Å². The highest BCUT2D eigenvalue weighted by Crippen LogP contribution is 2.42. The fraction of sp³-hybridized carbons (Fsp3) is 0.917. The first kappa shape index (κ1) is 14.3. The lowest BCUT2D eigenvalue weighted by Crippen LogP contribution is -2.44. The zero-order chi connectivity index (χ0) is 13.1. The van der Waals surface area contributed by atoms with Crippen LogP contribution in [0.3, 0.4) is 0 Å². The van der Waals surface area contributed by atoms with Crippen LogP contribution in [-0.4, -0.2) is 18.2 Å². The lowest BCUT2D eigenvalue weighted by molar-refractivity contribution is -0.233. The number of esters is 1. The molecular weight excluding hydrogens is 233 g/mol. The van der Waals surface area contributed by atoms with Crippen LogP contribution in [0.15, 0.2) is 0 Å². The highest BCUT2D eigenvalue weighted by atomic mass is 19.4. The van der Waals surface area contributed by atoms with Gasteiger partial charge in [0.2, 0.25) is 0 Å². The van der Waals surface area contributed by atoms with E-state index in [0.717, 1.165) is 26.2 Å². The molecule has 0 N–H and O–H groups in total. The van der Waals surface area contributed by atoms with E-state index in [9.17, 15) is 18.0 Å². The summed E-state index contributed by atoms with van der Waals surface area (Å²) in [6.07, 6.45) is -0.884. The predicted octanol–water partition coefficient (Wildman–Crippen LogP) is 3.84. The second kappa shape index (κ2) is 5.27. The predicted molar refractivity (Wildman–Crippen MR) is 57.4 cm³/mol. The molecule has 1 atom stereocenters. The molecule has 0 saturated heterocycles. The Kier molecular flexibility index (Phi) is 4.44. The third-order valence-corrected chi connectivity index (χ3v) is 3.61. The number of ether oxygens (including phenoxy) is 1. The van der Waals surface area contributed by atoms with E-state index >= 15 is 0 Å². The van der Waals surface area contributed by atoms with Crippen LogP contribution < -0.4 is 0 Å². The minimum Gasteiger partial charge on any atom is -0.462 e. The molecule has 17 heavy (non-hydrogen) atoms. The van der Waals surface area contributed by atoms with Crippen molar-refractivity contribution >= 4 is 5.97 Å². The Bertz CT molecular complexity index is 269. The Labute approximate surface area is 99.5 Å². The third kappa shape index (κ3) is 3.13. The van der Waals surface area contributed by atoms with Crippen LogP contribution in [0.4, 0.5) is 13.2 Å². The van der Waals surface area contributed by atoms with Gasteiger partial charge in [-0.05, 0) is 39.0 Å². The molecule has 100 valence electrons. The van der Waals surface area contributed by atoms with Crippen molar-refractivity contribution in [3.63, 3.8) is 0 Å². The summed E-state index contributed by atoms with van der Waals surface area (Å²) in [5.41, 5.74) is -2.37. The number of halogens is 3. The molecule has 5 heteroatoms. The van der Waals surface area contributed by atoms with Gasteiger partial charge >= 0.3 is 12.1 Å². The van der Waals surface area contributed by atoms with Crippen LogP contribution in [0.2, 0.25) is 0 Å². The van der Waals surface area contributed by atoms with Gasteiger partial charge < -0.3 is 4.74 Å². The van der Waals surface area contributed by atoms with Crippen molar-refractivity contribution in [2.24, 2.45) is 5.41 Å². The van der Waals surface area contributed by atoms with Gasteiger partial charge in [0.15, 0.2) is 5.41 Å². The Hall–Kier alpha value is -0.740. The molecule has 0 aromatic carbocycles. The quantitative estimate of drug-likeness (QED) is 0.713. The summed E-state index contributed by atoms with van der Waals surface area (Å²) in [5, 5.41) is 0. The molecule has 0 aromatic rings. The monoisotopic (exact) mass is 252 g/mol. The molecule has 0 aromatic heterocycles. The van der Waals surface area contributed by atoms with Gasteiger partial charge in [-0.25, -0.2) is 0 Å². The summed E-state index contributed by atoms with van der Waals surface area (Å²) in [7, 11) is 0. The first-order valence-corrected chi connectivity index (χ1v) is 6.09. The Morgan fingerprint density at radius 1 is 1.24 bits per heavy atom. The highest BCUT2D eigenvalue weighted by molar-refractivity contribution is 5.77. The fourth-order valence-electron chi connectivity index (χ4n) is 1.92. The minimum absolute atomic E-state index is 0.290. The molecule has 0 spiro atoms. The maximum absolute atomic E-state index is 12.8. The van der Waals surface area contributed by atoms with Gasteiger partial charge in [-0.3, -0.25) is 4.79 Å². The lowest BCUT2D eigenvalue weighted by Gasteiger charge is -2.31. The molecule has 1 aliphatic carbocycles. The molecule has 1 saturated carbocycles. The van der Waals surface area contributed by atoms with Gasteiger partial charge in [0.25, 0.3) is 0 Å². The minimum atomic E-state index is -4.55. The smallest absolute Gasteiger partial charge is 0.404 e. The van der Waals surface area contributed by atoms with Gasteiger partial charge in [-0.15, -0.1) is 0 Å².